The van der Waals surface area contributed by atoms with Crippen LogP contribution in [-0.4, -0.2) is 35.2 Å². The van der Waals surface area contributed by atoms with E-state index in [-0.39, 0.29) is 18.2 Å². The van der Waals surface area contributed by atoms with E-state index in [0.717, 1.165) is 6.42 Å². The summed E-state index contributed by atoms with van der Waals surface area (Å²) in [7, 11) is 0. The van der Waals surface area contributed by atoms with E-state index >= 15 is 0 Å². The van der Waals surface area contributed by atoms with Gasteiger partial charge in [0.15, 0.2) is 5.79 Å². The lowest BCUT2D eigenvalue weighted by molar-refractivity contribution is -0.153. The predicted molar refractivity (Wildman–Crippen MR) is 47.0 cm³/mol. The topological polar surface area (TPSA) is 64.7 Å². The summed E-state index contributed by atoms with van der Waals surface area (Å²) in [5.74, 6) is -0.569. The van der Waals surface area contributed by atoms with E-state index < -0.39 is 11.9 Å². The molecule has 0 aromatic rings. The van der Waals surface area contributed by atoms with Crippen LogP contribution in [0.25, 0.3) is 0 Å². The third-order valence-corrected chi connectivity index (χ3v) is 2.68. The summed E-state index contributed by atoms with van der Waals surface area (Å²) < 4.78 is 11.2. The van der Waals surface area contributed by atoms with Crippen LogP contribution in [0.1, 0.15) is 26.7 Å². The van der Waals surface area contributed by atoms with Crippen LogP contribution >= 0.6 is 0 Å². The van der Waals surface area contributed by atoms with Gasteiger partial charge in [-0.25, -0.2) is 0 Å². The summed E-state index contributed by atoms with van der Waals surface area (Å²) in [5, 5.41) is 9.70. The summed E-state index contributed by atoms with van der Waals surface area (Å²) in [6.07, 6.45) is 0.699. The van der Waals surface area contributed by atoms with Crippen molar-refractivity contribution in [2.24, 2.45) is 5.73 Å². The van der Waals surface area contributed by atoms with E-state index in [4.69, 9.17) is 15.2 Å². The van der Waals surface area contributed by atoms with E-state index in [1.54, 1.807) is 0 Å². The highest BCUT2D eigenvalue weighted by Crippen LogP contribution is 2.36. The number of ether oxygens (including phenoxy) is 2. The number of aliphatic hydroxyl groups excluding tert-OH is 1. The Kier molecular flexibility index (Phi) is 2.11. The monoisotopic (exact) mass is 187 g/mol. The minimum Gasteiger partial charge on any atom is -0.390 e. The fourth-order valence-electron chi connectivity index (χ4n) is 2.21. The molecule has 4 heteroatoms. The lowest BCUT2D eigenvalue weighted by atomic mass is 9.89. The molecule has 1 heterocycles. The second-order valence-electron chi connectivity index (χ2n) is 4.44. The summed E-state index contributed by atoms with van der Waals surface area (Å²) in [5.41, 5.74) is 5.77. The van der Waals surface area contributed by atoms with Crippen molar-refractivity contribution in [3.8, 4) is 0 Å². The molecule has 0 unspecified atom stereocenters. The molecule has 0 amide bonds. The van der Waals surface area contributed by atoms with Gasteiger partial charge in [-0.1, -0.05) is 0 Å². The number of rotatable bonds is 0. The minimum atomic E-state index is -0.569. The SMILES string of the molecule is CC1(C)O[C@H]2[C@H](O)C[C@H](N)C[C@H]2O1. The molecule has 13 heavy (non-hydrogen) atoms. The van der Waals surface area contributed by atoms with E-state index in [1.807, 2.05) is 13.8 Å². The van der Waals surface area contributed by atoms with Gasteiger partial charge in [-0.3, -0.25) is 0 Å². The molecule has 3 N–H and O–H groups in total. The van der Waals surface area contributed by atoms with E-state index in [0.29, 0.717) is 6.42 Å². The quantitative estimate of drug-likeness (QED) is 0.560. The lowest BCUT2D eigenvalue weighted by Crippen LogP contribution is -2.47. The molecular formula is C9H17NO3. The van der Waals surface area contributed by atoms with Gasteiger partial charge in [0.05, 0.1) is 12.2 Å². The molecule has 0 bridgehead atoms. The standard InChI is InChI=1S/C9H17NO3/c1-9(2)12-7-4-5(10)3-6(11)8(7)13-9/h5-8,11H,3-4,10H2,1-2H3/t5-,6+,7+,8-/m0/s1. The second-order valence-corrected chi connectivity index (χ2v) is 4.44. The van der Waals surface area contributed by atoms with Crippen molar-refractivity contribution in [3.63, 3.8) is 0 Å². The molecule has 1 aliphatic carbocycles. The third kappa shape index (κ3) is 1.72. The maximum absolute atomic E-state index is 9.70. The molecule has 4 nitrogen and oxygen atoms in total. The number of aliphatic hydroxyl groups is 1. The molecule has 0 radical (unpaired) electrons. The van der Waals surface area contributed by atoms with E-state index in [2.05, 4.69) is 0 Å². The van der Waals surface area contributed by atoms with Crippen molar-refractivity contribution in [2.75, 3.05) is 0 Å². The Bertz CT molecular complexity index is 207. The average molecular weight is 187 g/mol. The Balaban J connectivity index is 2.10. The first-order valence-corrected chi connectivity index (χ1v) is 4.77. The van der Waals surface area contributed by atoms with Gasteiger partial charge in [0.2, 0.25) is 0 Å². The van der Waals surface area contributed by atoms with Gasteiger partial charge in [-0.2, -0.15) is 0 Å². The molecule has 4 atom stereocenters. The van der Waals surface area contributed by atoms with E-state index in [9.17, 15) is 5.11 Å². The van der Waals surface area contributed by atoms with Gasteiger partial charge in [0, 0.05) is 6.04 Å². The Morgan fingerprint density at radius 1 is 1.31 bits per heavy atom. The summed E-state index contributed by atoms with van der Waals surface area (Å²) in [4.78, 5) is 0. The fourth-order valence-corrected chi connectivity index (χ4v) is 2.21. The zero-order valence-corrected chi connectivity index (χ0v) is 8.06. The molecule has 2 fully saturated rings. The number of fused-ring (bicyclic) bond motifs is 1. The average Bonchev–Trinajstić information content (AvgIpc) is 2.23. The van der Waals surface area contributed by atoms with Gasteiger partial charge in [-0.15, -0.1) is 0 Å². The third-order valence-electron chi connectivity index (χ3n) is 2.68. The van der Waals surface area contributed by atoms with Crippen molar-refractivity contribution in [1.29, 1.82) is 0 Å². The molecule has 0 spiro atoms. The second kappa shape index (κ2) is 2.92. The van der Waals surface area contributed by atoms with Crippen LogP contribution in [0.4, 0.5) is 0 Å². The molecule has 1 saturated heterocycles. The predicted octanol–water partition coefficient (Wildman–Crippen LogP) is -0.0115. The van der Waals surface area contributed by atoms with Crippen LogP contribution in [0.5, 0.6) is 0 Å². The molecule has 0 aromatic heterocycles. The van der Waals surface area contributed by atoms with Crippen LogP contribution in [0.2, 0.25) is 0 Å². The molecule has 1 aliphatic heterocycles. The Morgan fingerprint density at radius 3 is 2.69 bits per heavy atom. The zero-order valence-electron chi connectivity index (χ0n) is 8.06. The van der Waals surface area contributed by atoms with Crippen LogP contribution in [0.15, 0.2) is 0 Å². The maximum atomic E-state index is 9.70. The first-order chi connectivity index (χ1) is 5.98. The van der Waals surface area contributed by atoms with E-state index in [1.165, 1.54) is 0 Å². The van der Waals surface area contributed by atoms with Gasteiger partial charge in [-0.05, 0) is 26.7 Å². The van der Waals surface area contributed by atoms with Crippen LogP contribution in [0.3, 0.4) is 0 Å². The molecule has 1 saturated carbocycles. The molecule has 0 aromatic carbocycles. The largest absolute Gasteiger partial charge is 0.390 e. The molecular weight excluding hydrogens is 170 g/mol. The van der Waals surface area contributed by atoms with Gasteiger partial charge in [0.25, 0.3) is 0 Å². The molecule has 2 rings (SSSR count). The van der Waals surface area contributed by atoms with Gasteiger partial charge < -0.3 is 20.3 Å². The van der Waals surface area contributed by atoms with Gasteiger partial charge in [0.1, 0.15) is 6.10 Å². The normalized spacial score (nSPS) is 48.9. The van der Waals surface area contributed by atoms with Gasteiger partial charge >= 0.3 is 0 Å². The van der Waals surface area contributed by atoms with Crippen molar-refractivity contribution in [3.05, 3.63) is 0 Å². The maximum Gasteiger partial charge on any atom is 0.163 e. The highest BCUT2D eigenvalue weighted by atomic mass is 16.8. The number of hydrogen-bond donors (Lipinski definition) is 2. The molecule has 2 aliphatic rings. The minimum absolute atomic E-state index is 0.0336. The summed E-state index contributed by atoms with van der Waals surface area (Å²) in [6.45, 7) is 3.73. The van der Waals surface area contributed by atoms with Crippen molar-refractivity contribution < 1.29 is 14.6 Å². The Hall–Kier alpha value is -0.160. The van der Waals surface area contributed by atoms with Crippen molar-refractivity contribution >= 4 is 0 Å². The number of nitrogens with two attached hydrogens (primary N) is 1. The Morgan fingerprint density at radius 2 is 2.00 bits per heavy atom. The smallest absolute Gasteiger partial charge is 0.163 e. The lowest BCUT2D eigenvalue weighted by Gasteiger charge is -2.31. The highest BCUT2D eigenvalue weighted by Gasteiger charge is 2.48. The summed E-state index contributed by atoms with van der Waals surface area (Å²) >= 11 is 0. The van der Waals surface area contributed by atoms with Crippen LogP contribution < -0.4 is 5.73 Å². The van der Waals surface area contributed by atoms with Crippen LogP contribution in [-0.2, 0) is 9.47 Å². The summed E-state index contributed by atoms with van der Waals surface area (Å²) in [6, 6.07) is 0.0359. The van der Waals surface area contributed by atoms with Crippen molar-refractivity contribution in [2.45, 2.75) is 56.8 Å². The van der Waals surface area contributed by atoms with Crippen molar-refractivity contribution in [1.82, 2.24) is 0 Å². The first-order valence-electron chi connectivity index (χ1n) is 4.77. The fraction of sp³-hybridized carbons (Fsp3) is 1.00. The zero-order chi connectivity index (χ0) is 9.64. The first kappa shape index (κ1) is 9.40. The molecule has 76 valence electrons. The van der Waals surface area contributed by atoms with Crippen LogP contribution in [0, 0.1) is 0 Å². The Labute approximate surface area is 78.0 Å². The number of hydrogen-bond acceptors (Lipinski definition) is 4. The highest BCUT2D eigenvalue weighted by molar-refractivity contribution is 4.94.